The van der Waals surface area contributed by atoms with Crippen molar-refractivity contribution in [2.75, 3.05) is 32.8 Å². The van der Waals surface area contributed by atoms with Crippen LogP contribution in [0.1, 0.15) is 60.1 Å². The number of amides is 2. The second kappa shape index (κ2) is 10.8. The van der Waals surface area contributed by atoms with Crippen LogP contribution in [0, 0.1) is 6.92 Å². The van der Waals surface area contributed by atoms with Gasteiger partial charge in [-0.05, 0) is 70.3 Å². The normalized spacial score (nSPS) is 19.5. The summed E-state index contributed by atoms with van der Waals surface area (Å²) in [5, 5.41) is 3.19. The minimum atomic E-state index is -0.440. The van der Waals surface area contributed by atoms with Crippen LogP contribution in [0.5, 0.6) is 5.75 Å². The van der Waals surface area contributed by atoms with Gasteiger partial charge in [0.05, 0.1) is 18.2 Å². The fourth-order valence-corrected chi connectivity index (χ4v) is 4.98. The SMILES string of the molecule is CCOc1ccccc1C(=O)N1CCCC1C(=O)NCC(c1ccc(C)cc1)N1CCCC1. The lowest BCUT2D eigenvalue weighted by Gasteiger charge is -2.30. The molecule has 0 aliphatic carbocycles. The average Bonchev–Trinajstić information content (AvgIpc) is 3.53. The predicted octanol–water partition coefficient (Wildman–Crippen LogP) is 3.95. The highest BCUT2D eigenvalue weighted by atomic mass is 16.5. The van der Waals surface area contributed by atoms with Gasteiger partial charge in [-0.25, -0.2) is 0 Å². The Morgan fingerprint density at radius 3 is 2.48 bits per heavy atom. The van der Waals surface area contributed by atoms with E-state index in [1.807, 2.05) is 25.1 Å². The van der Waals surface area contributed by atoms with E-state index in [2.05, 4.69) is 41.4 Å². The molecule has 0 bridgehead atoms. The zero-order valence-electron chi connectivity index (χ0n) is 19.8. The van der Waals surface area contributed by atoms with Crippen molar-refractivity contribution < 1.29 is 14.3 Å². The minimum Gasteiger partial charge on any atom is -0.493 e. The van der Waals surface area contributed by atoms with Crippen molar-refractivity contribution in [3.8, 4) is 5.75 Å². The van der Waals surface area contributed by atoms with Gasteiger partial charge >= 0.3 is 0 Å². The molecule has 6 nitrogen and oxygen atoms in total. The number of rotatable bonds is 8. The molecule has 6 heteroatoms. The summed E-state index contributed by atoms with van der Waals surface area (Å²) in [5.74, 6) is 0.377. The lowest BCUT2D eigenvalue weighted by molar-refractivity contribution is -0.125. The van der Waals surface area contributed by atoms with Crippen LogP contribution in [0.3, 0.4) is 0 Å². The summed E-state index contributed by atoms with van der Waals surface area (Å²) in [6.45, 7) is 7.73. The number of hydrogen-bond donors (Lipinski definition) is 1. The molecule has 2 saturated heterocycles. The Balaban J connectivity index is 1.45. The first-order chi connectivity index (χ1) is 16.1. The van der Waals surface area contributed by atoms with Crippen LogP contribution < -0.4 is 10.1 Å². The van der Waals surface area contributed by atoms with Gasteiger partial charge in [-0.3, -0.25) is 14.5 Å². The van der Waals surface area contributed by atoms with Crippen LogP contribution in [0.25, 0.3) is 0 Å². The number of nitrogens with one attached hydrogen (secondary N) is 1. The van der Waals surface area contributed by atoms with Gasteiger partial charge in [0.2, 0.25) is 5.91 Å². The lowest BCUT2D eigenvalue weighted by atomic mass is 10.0. The van der Waals surface area contributed by atoms with E-state index in [1.165, 1.54) is 24.0 Å². The Kier molecular flexibility index (Phi) is 7.65. The first kappa shape index (κ1) is 23.3. The molecule has 2 atom stereocenters. The van der Waals surface area contributed by atoms with Crippen molar-refractivity contribution in [3.63, 3.8) is 0 Å². The Labute approximate surface area is 196 Å². The Hall–Kier alpha value is -2.86. The minimum absolute atomic E-state index is 0.0638. The molecular formula is C27H35N3O3. The molecule has 4 rings (SSSR count). The number of carbonyl (C=O) groups is 2. The second-order valence-corrected chi connectivity index (χ2v) is 9.00. The third kappa shape index (κ3) is 5.38. The van der Waals surface area contributed by atoms with Crippen molar-refractivity contribution in [1.29, 1.82) is 0 Å². The van der Waals surface area contributed by atoms with E-state index in [-0.39, 0.29) is 17.9 Å². The smallest absolute Gasteiger partial charge is 0.258 e. The molecule has 2 aromatic carbocycles. The van der Waals surface area contributed by atoms with Gasteiger partial charge in [-0.1, -0.05) is 42.0 Å². The summed E-state index contributed by atoms with van der Waals surface area (Å²) >= 11 is 0. The molecule has 2 aliphatic rings. The summed E-state index contributed by atoms with van der Waals surface area (Å²) in [6, 6.07) is 15.6. The molecule has 2 unspecified atom stereocenters. The maximum absolute atomic E-state index is 13.3. The molecular weight excluding hydrogens is 414 g/mol. The summed E-state index contributed by atoms with van der Waals surface area (Å²) in [7, 11) is 0. The topological polar surface area (TPSA) is 61.9 Å². The first-order valence-corrected chi connectivity index (χ1v) is 12.2. The number of aryl methyl sites for hydroxylation is 1. The maximum Gasteiger partial charge on any atom is 0.258 e. The van der Waals surface area contributed by atoms with Gasteiger partial charge in [-0.2, -0.15) is 0 Å². The molecule has 2 amide bonds. The highest BCUT2D eigenvalue weighted by molar-refractivity contribution is 6.00. The quantitative estimate of drug-likeness (QED) is 0.663. The van der Waals surface area contributed by atoms with Crippen LogP contribution in [0.4, 0.5) is 0 Å². The van der Waals surface area contributed by atoms with E-state index in [9.17, 15) is 9.59 Å². The number of nitrogens with zero attached hydrogens (tertiary/aromatic N) is 2. The summed E-state index contributed by atoms with van der Waals surface area (Å²) in [6.07, 6.45) is 3.91. The van der Waals surface area contributed by atoms with E-state index < -0.39 is 6.04 Å². The van der Waals surface area contributed by atoms with E-state index >= 15 is 0 Å². The third-order valence-corrected chi connectivity index (χ3v) is 6.75. The zero-order chi connectivity index (χ0) is 23.2. The van der Waals surface area contributed by atoms with Crippen molar-refractivity contribution in [2.24, 2.45) is 0 Å². The highest BCUT2D eigenvalue weighted by Gasteiger charge is 2.36. The lowest BCUT2D eigenvalue weighted by Crippen LogP contribution is -2.48. The number of hydrogen-bond acceptors (Lipinski definition) is 4. The monoisotopic (exact) mass is 449 g/mol. The van der Waals surface area contributed by atoms with Gasteiger partial charge in [0.1, 0.15) is 11.8 Å². The number of carbonyl (C=O) groups excluding carboxylic acids is 2. The second-order valence-electron chi connectivity index (χ2n) is 9.00. The van der Waals surface area contributed by atoms with Crippen molar-refractivity contribution in [1.82, 2.24) is 15.1 Å². The standard InChI is InChI=1S/C27H35N3O3/c1-3-33-25-11-5-4-9-22(25)27(32)30-18-8-10-23(30)26(31)28-19-24(29-16-6-7-17-29)21-14-12-20(2)13-15-21/h4-5,9,11-15,23-24H,3,6-8,10,16-19H2,1-2H3,(H,28,31). The number of ether oxygens (including phenoxy) is 1. The molecule has 2 aromatic rings. The van der Waals surface area contributed by atoms with E-state index in [0.29, 0.717) is 37.4 Å². The molecule has 2 aliphatic heterocycles. The fraction of sp³-hybridized carbons (Fsp3) is 0.481. The molecule has 2 heterocycles. The van der Waals surface area contributed by atoms with Gasteiger partial charge in [0.25, 0.3) is 5.91 Å². The van der Waals surface area contributed by atoms with Crippen LogP contribution >= 0.6 is 0 Å². The van der Waals surface area contributed by atoms with Gasteiger partial charge in [-0.15, -0.1) is 0 Å². The molecule has 0 radical (unpaired) electrons. The first-order valence-electron chi connectivity index (χ1n) is 12.2. The van der Waals surface area contributed by atoms with Gasteiger partial charge in [0, 0.05) is 13.1 Å². The van der Waals surface area contributed by atoms with Crippen molar-refractivity contribution >= 4 is 11.8 Å². The fourth-order valence-electron chi connectivity index (χ4n) is 4.98. The number of likely N-dealkylation sites (tertiary alicyclic amines) is 2. The van der Waals surface area contributed by atoms with Gasteiger partial charge < -0.3 is 15.0 Å². The zero-order valence-corrected chi connectivity index (χ0v) is 19.8. The summed E-state index contributed by atoms with van der Waals surface area (Å²) in [5.41, 5.74) is 2.98. The molecule has 0 aromatic heterocycles. The Morgan fingerprint density at radius 1 is 1.03 bits per heavy atom. The number of para-hydroxylation sites is 1. The van der Waals surface area contributed by atoms with Crippen molar-refractivity contribution in [2.45, 2.75) is 51.6 Å². The molecule has 2 fully saturated rings. The molecule has 0 saturated carbocycles. The van der Waals surface area contributed by atoms with Crippen LogP contribution in [-0.2, 0) is 4.79 Å². The van der Waals surface area contributed by atoms with E-state index in [1.54, 1.807) is 11.0 Å². The van der Waals surface area contributed by atoms with Crippen LogP contribution in [0.2, 0.25) is 0 Å². The number of benzene rings is 2. The predicted molar refractivity (Wildman–Crippen MR) is 129 cm³/mol. The van der Waals surface area contributed by atoms with E-state index in [4.69, 9.17) is 4.74 Å². The Bertz CT molecular complexity index is 953. The van der Waals surface area contributed by atoms with Gasteiger partial charge in [0.15, 0.2) is 0 Å². The maximum atomic E-state index is 13.3. The molecule has 1 N–H and O–H groups in total. The van der Waals surface area contributed by atoms with Crippen LogP contribution in [0.15, 0.2) is 48.5 Å². The highest BCUT2D eigenvalue weighted by Crippen LogP contribution is 2.27. The summed E-state index contributed by atoms with van der Waals surface area (Å²) < 4.78 is 5.65. The van der Waals surface area contributed by atoms with E-state index in [0.717, 1.165) is 19.5 Å². The Morgan fingerprint density at radius 2 is 1.76 bits per heavy atom. The molecule has 33 heavy (non-hydrogen) atoms. The van der Waals surface area contributed by atoms with Crippen LogP contribution in [-0.4, -0.2) is 60.4 Å². The molecule has 0 spiro atoms. The average molecular weight is 450 g/mol. The van der Waals surface area contributed by atoms with Crippen molar-refractivity contribution in [3.05, 3.63) is 65.2 Å². The largest absolute Gasteiger partial charge is 0.493 e. The molecule has 176 valence electrons. The third-order valence-electron chi connectivity index (χ3n) is 6.75. The summed E-state index contributed by atoms with van der Waals surface area (Å²) in [4.78, 5) is 30.7.